The first kappa shape index (κ1) is 17.0. The monoisotopic (exact) mass is 313 g/mol. The number of hydrogen-bond acceptors (Lipinski definition) is 3. The van der Waals surface area contributed by atoms with Crippen molar-refractivity contribution in [2.45, 2.75) is 20.4 Å². The normalized spacial score (nSPS) is 10.4. The number of aliphatic hydroxyl groups excluding tert-OH is 1. The second kappa shape index (κ2) is 8.34. The highest BCUT2D eigenvalue weighted by Crippen LogP contribution is 2.22. The highest BCUT2D eigenvalue weighted by Gasteiger charge is 2.15. The Morgan fingerprint density at radius 2 is 1.70 bits per heavy atom. The van der Waals surface area contributed by atoms with Gasteiger partial charge in [-0.3, -0.25) is 4.79 Å². The lowest BCUT2D eigenvalue weighted by atomic mass is 10.1. The van der Waals surface area contributed by atoms with Crippen LogP contribution in [0.4, 0.5) is 0 Å². The summed E-state index contributed by atoms with van der Waals surface area (Å²) in [6.07, 6.45) is 0. The third-order valence-corrected chi connectivity index (χ3v) is 3.69. The average molecular weight is 313 g/mol. The van der Waals surface area contributed by atoms with Crippen LogP contribution in [0, 0.1) is 13.8 Å². The Balaban J connectivity index is 2.01. The van der Waals surface area contributed by atoms with E-state index in [-0.39, 0.29) is 19.1 Å². The van der Waals surface area contributed by atoms with Crippen molar-refractivity contribution >= 4 is 5.91 Å². The van der Waals surface area contributed by atoms with Crippen LogP contribution >= 0.6 is 0 Å². The number of ether oxygens (including phenoxy) is 1. The molecule has 0 saturated carbocycles. The van der Waals surface area contributed by atoms with E-state index in [9.17, 15) is 9.90 Å². The van der Waals surface area contributed by atoms with Crippen LogP contribution in [0.1, 0.15) is 16.7 Å². The number of carbonyl (C=O) groups excluding carboxylic acids is 1. The molecule has 0 bridgehead atoms. The van der Waals surface area contributed by atoms with E-state index >= 15 is 0 Å². The number of aliphatic hydroxyl groups is 1. The van der Waals surface area contributed by atoms with Crippen molar-refractivity contribution in [2.24, 2.45) is 0 Å². The van der Waals surface area contributed by atoms with E-state index in [2.05, 4.69) is 0 Å². The van der Waals surface area contributed by atoms with Crippen molar-refractivity contribution in [2.75, 3.05) is 19.8 Å². The highest BCUT2D eigenvalue weighted by molar-refractivity contribution is 5.77. The number of nitrogens with zero attached hydrogens (tertiary/aromatic N) is 1. The molecule has 0 spiro atoms. The lowest BCUT2D eigenvalue weighted by Gasteiger charge is -2.22. The van der Waals surface area contributed by atoms with Crippen LogP contribution in [0.25, 0.3) is 0 Å². The Bertz CT molecular complexity index is 620. The van der Waals surface area contributed by atoms with Gasteiger partial charge in [0.05, 0.1) is 6.61 Å². The van der Waals surface area contributed by atoms with Gasteiger partial charge >= 0.3 is 0 Å². The van der Waals surface area contributed by atoms with E-state index in [1.807, 2.05) is 62.4 Å². The topological polar surface area (TPSA) is 49.8 Å². The molecule has 4 nitrogen and oxygen atoms in total. The van der Waals surface area contributed by atoms with Crippen molar-refractivity contribution in [1.29, 1.82) is 0 Å². The summed E-state index contributed by atoms with van der Waals surface area (Å²) in [5, 5.41) is 9.20. The van der Waals surface area contributed by atoms with Crippen molar-refractivity contribution < 1.29 is 14.6 Å². The maximum atomic E-state index is 12.4. The molecule has 0 aromatic heterocycles. The molecule has 2 aromatic rings. The molecule has 0 aliphatic rings. The number of carbonyl (C=O) groups is 1. The quantitative estimate of drug-likeness (QED) is 0.855. The summed E-state index contributed by atoms with van der Waals surface area (Å²) in [6, 6.07) is 15.6. The van der Waals surface area contributed by atoms with Crippen LogP contribution < -0.4 is 4.74 Å². The van der Waals surface area contributed by atoms with Gasteiger partial charge in [-0.2, -0.15) is 0 Å². The molecule has 2 rings (SSSR count). The van der Waals surface area contributed by atoms with Crippen molar-refractivity contribution in [3.8, 4) is 5.75 Å². The molecule has 4 heteroatoms. The molecule has 0 heterocycles. The summed E-state index contributed by atoms with van der Waals surface area (Å²) in [7, 11) is 0. The molecule has 0 fully saturated rings. The summed E-state index contributed by atoms with van der Waals surface area (Å²) >= 11 is 0. The van der Waals surface area contributed by atoms with Crippen LogP contribution in [-0.2, 0) is 11.3 Å². The van der Waals surface area contributed by atoms with E-state index in [0.717, 1.165) is 22.4 Å². The molecule has 0 unspecified atom stereocenters. The van der Waals surface area contributed by atoms with Gasteiger partial charge in [0.25, 0.3) is 5.91 Å². The Morgan fingerprint density at radius 3 is 2.30 bits per heavy atom. The number of rotatable bonds is 7. The predicted molar refractivity (Wildman–Crippen MR) is 90.4 cm³/mol. The minimum Gasteiger partial charge on any atom is -0.483 e. The predicted octanol–water partition coefficient (Wildman–Crippen LogP) is 2.70. The van der Waals surface area contributed by atoms with Crippen LogP contribution in [-0.4, -0.2) is 35.7 Å². The molecule has 0 radical (unpaired) electrons. The third kappa shape index (κ3) is 4.83. The molecular formula is C19H23NO3. The van der Waals surface area contributed by atoms with E-state index in [0.29, 0.717) is 13.1 Å². The van der Waals surface area contributed by atoms with Crippen LogP contribution in [0.5, 0.6) is 5.75 Å². The standard InChI is InChI=1S/C19H23NO3/c1-15-7-6-8-16(2)19(15)23-14-18(22)20(11-12-21)13-17-9-4-3-5-10-17/h3-10,21H,11-14H2,1-2H3. The first-order chi connectivity index (χ1) is 11.1. The number of benzene rings is 2. The van der Waals surface area contributed by atoms with Gasteiger partial charge in [0.15, 0.2) is 6.61 Å². The lowest BCUT2D eigenvalue weighted by molar-refractivity contribution is -0.134. The SMILES string of the molecule is Cc1cccc(C)c1OCC(=O)N(CCO)Cc1ccccc1. The fraction of sp³-hybridized carbons (Fsp3) is 0.316. The maximum Gasteiger partial charge on any atom is 0.260 e. The maximum absolute atomic E-state index is 12.4. The second-order valence-electron chi connectivity index (χ2n) is 5.53. The zero-order chi connectivity index (χ0) is 16.7. The number of amides is 1. The van der Waals surface area contributed by atoms with E-state index in [4.69, 9.17) is 4.74 Å². The Kier molecular flexibility index (Phi) is 6.18. The number of hydrogen-bond donors (Lipinski definition) is 1. The molecule has 0 aliphatic heterocycles. The Labute approximate surface area is 137 Å². The second-order valence-corrected chi connectivity index (χ2v) is 5.53. The fourth-order valence-electron chi connectivity index (χ4n) is 2.47. The largest absolute Gasteiger partial charge is 0.483 e. The van der Waals surface area contributed by atoms with Crippen LogP contribution in [0.2, 0.25) is 0 Å². The smallest absolute Gasteiger partial charge is 0.260 e. The first-order valence-electron chi connectivity index (χ1n) is 7.73. The van der Waals surface area contributed by atoms with Gasteiger partial charge in [-0.05, 0) is 30.5 Å². The van der Waals surface area contributed by atoms with Gasteiger partial charge in [0, 0.05) is 13.1 Å². The van der Waals surface area contributed by atoms with Gasteiger partial charge in [0.1, 0.15) is 5.75 Å². The summed E-state index contributed by atoms with van der Waals surface area (Å²) in [6.45, 7) is 4.59. The zero-order valence-electron chi connectivity index (χ0n) is 13.7. The molecule has 2 aromatic carbocycles. The zero-order valence-corrected chi connectivity index (χ0v) is 13.7. The fourth-order valence-corrected chi connectivity index (χ4v) is 2.47. The third-order valence-electron chi connectivity index (χ3n) is 3.69. The number of para-hydroxylation sites is 1. The Hall–Kier alpha value is -2.33. The van der Waals surface area contributed by atoms with Crippen molar-refractivity contribution in [1.82, 2.24) is 4.90 Å². The summed E-state index contributed by atoms with van der Waals surface area (Å²) < 4.78 is 5.72. The molecule has 0 atom stereocenters. The lowest BCUT2D eigenvalue weighted by Crippen LogP contribution is -2.36. The van der Waals surface area contributed by atoms with Crippen LogP contribution in [0.15, 0.2) is 48.5 Å². The van der Waals surface area contributed by atoms with Crippen molar-refractivity contribution in [3.63, 3.8) is 0 Å². The number of aryl methyl sites for hydroxylation is 2. The van der Waals surface area contributed by atoms with Gasteiger partial charge in [-0.15, -0.1) is 0 Å². The highest BCUT2D eigenvalue weighted by atomic mass is 16.5. The average Bonchev–Trinajstić information content (AvgIpc) is 2.55. The van der Waals surface area contributed by atoms with E-state index in [1.165, 1.54) is 0 Å². The van der Waals surface area contributed by atoms with Gasteiger partial charge in [0.2, 0.25) is 0 Å². The van der Waals surface area contributed by atoms with Gasteiger partial charge in [-0.25, -0.2) is 0 Å². The van der Waals surface area contributed by atoms with Crippen molar-refractivity contribution in [3.05, 3.63) is 65.2 Å². The Morgan fingerprint density at radius 1 is 1.04 bits per heavy atom. The molecular weight excluding hydrogens is 290 g/mol. The van der Waals surface area contributed by atoms with Gasteiger partial charge in [-0.1, -0.05) is 48.5 Å². The molecule has 23 heavy (non-hydrogen) atoms. The summed E-state index contributed by atoms with van der Waals surface area (Å²) in [4.78, 5) is 14.0. The summed E-state index contributed by atoms with van der Waals surface area (Å²) in [5.41, 5.74) is 3.05. The minimum absolute atomic E-state index is 0.0292. The summed E-state index contributed by atoms with van der Waals surface area (Å²) in [5.74, 6) is 0.620. The molecule has 1 amide bonds. The first-order valence-corrected chi connectivity index (χ1v) is 7.73. The minimum atomic E-state index is -0.134. The van der Waals surface area contributed by atoms with Crippen LogP contribution in [0.3, 0.4) is 0 Å². The molecule has 0 saturated heterocycles. The molecule has 122 valence electrons. The van der Waals surface area contributed by atoms with E-state index in [1.54, 1.807) is 4.90 Å². The van der Waals surface area contributed by atoms with E-state index < -0.39 is 0 Å². The van der Waals surface area contributed by atoms with Gasteiger partial charge < -0.3 is 14.7 Å². The molecule has 1 N–H and O–H groups in total. The molecule has 0 aliphatic carbocycles.